The second-order valence-corrected chi connectivity index (χ2v) is 5.68. The fraction of sp³-hybridized carbons (Fsp3) is 0.929. The molecule has 1 heterocycles. The number of primary amides is 1. The van der Waals surface area contributed by atoms with Crippen LogP contribution in [0.2, 0.25) is 0 Å². The minimum atomic E-state index is -0.119. The van der Waals surface area contributed by atoms with Gasteiger partial charge in [0.1, 0.15) is 0 Å². The lowest BCUT2D eigenvalue weighted by Gasteiger charge is -2.27. The van der Waals surface area contributed by atoms with Crippen LogP contribution >= 0.6 is 0 Å². The molecule has 2 aliphatic rings. The van der Waals surface area contributed by atoms with Crippen molar-refractivity contribution in [3.05, 3.63) is 0 Å². The van der Waals surface area contributed by atoms with Crippen LogP contribution in [0.4, 0.5) is 0 Å². The van der Waals surface area contributed by atoms with Crippen LogP contribution in [0, 0.1) is 5.92 Å². The molecule has 1 amide bonds. The Hall–Kier alpha value is -0.610. The monoisotopic (exact) mass is 254 g/mol. The zero-order valence-electron chi connectivity index (χ0n) is 11.2. The fourth-order valence-electron chi connectivity index (χ4n) is 3.09. The van der Waals surface area contributed by atoms with Gasteiger partial charge in [0, 0.05) is 18.6 Å². The molecule has 0 bridgehead atoms. The van der Waals surface area contributed by atoms with Gasteiger partial charge in [-0.2, -0.15) is 0 Å². The number of ether oxygens (including phenoxy) is 1. The van der Waals surface area contributed by atoms with E-state index in [0.717, 1.165) is 38.8 Å². The number of hydrogen-bond donors (Lipinski definition) is 2. The highest BCUT2D eigenvalue weighted by molar-refractivity contribution is 5.76. The lowest BCUT2D eigenvalue weighted by Crippen LogP contribution is -2.37. The second-order valence-electron chi connectivity index (χ2n) is 5.68. The summed E-state index contributed by atoms with van der Waals surface area (Å²) in [7, 11) is 0. The average molecular weight is 254 g/mol. The van der Waals surface area contributed by atoms with Gasteiger partial charge in [0.25, 0.3) is 0 Å². The predicted molar refractivity (Wildman–Crippen MR) is 71.2 cm³/mol. The Morgan fingerprint density at radius 2 is 2.00 bits per heavy atom. The van der Waals surface area contributed by atoms with E-state index in [2.05, 4.69) is 5.32 Å². The normalized spacial score (nSPS) is 32.6. The first-order chi connectivity index (χ1) is 8.75. The Morgan fingerprint density at radius 3 is 2.61 bits per heavy atom. The first-order valence-electron chi connectivity index (χ1n) is 7.40. The zero-order chi connectivity index (χ0) is 12.8. The Balaban J connectivity index is 1.51. The van der Waals surface area contributed by atoms with Crippen LogP contribution in [0.1, 0.15) is 51.4 Å². The summed E-state index contributed by atoms with van der Waals surface area (Å²) in [4.78, 5) is 11.1. The van der Waals surface area contributed by atoms with Crippen molar-refractivity contribution in [1.29, 1.82) is 0 Å². The molecule has 1 atom stereocenters. The SMILES string of the molecule is NC(=O)C1CCC(NCCCC2CCCO2)CC1. The van der Waals surface area contributed by atoms with Crippen LogP contribution in [0.15, 0.2) is 0 Å². The van der Waals surface area contributed by atoms with Gasteiger partial charge in [-0.25, -0.2) is 0 Å². The molecule has 0 aromatic carbocycles. The summed E-state index contributed by atoms with van der Waals surface area (Å²) in [5.74, 6) is 0.00164. The van der Waals surface area contributed by atoms with Crippen molar-refractivity contribution in [1.82, 2.24) is 5.32 Å². The van der Waals surface area contributed by atoms with Gasteiger partial charge in [-0.1, -0.05) is 0 Å². The summed E-state index contributed by atoms with van der Waals surface area (Å²) in [6.07, 6.45) is 9.46. The predicted octanol–water partition coefficient (Wildman–Crippen LogP) is 1.58. The highest BCUT2D eigenvalue weighted by Gasteiger charge is 2.24. The molecule has 0 spiro atoms. The van der Waals surface area contributed by atoms with Gasteiger partial charge in [0.2, 0.25) is 5.91 Å². The third-order valence-corrected chi connectivity index (χ3v) is 4.29. The molecule has 4 nitrogen and oxygen atoms in total. The van der Waals surface area contributed by atoms with Crippen LogP contribution < -0.4 is 11.1 Å². The Morgan fingerprint density at radius 1 is 1.22 bits per heavy atom. The molecule has 4 heteroatoms. The Bertz CT molecular complexity index is 257. The molecule has 18 heavy (non-hydrogen) atoms. The van der Waals surface area contributed by atoms with Crippen LogP contribution in [0.5, 0.6) is 0 Å². The van der Waals surface area contributed by atoms with E-state index in [1.807, 2.05) is 0 Å². The molecule has 104 valence electrons. The summed E-state index contributed by atoms with van der Waals surface area (Å²) in [6, 6.07) is 0.588. The van der Waals surface area contributed by atoms with Crippen LogP contribution in [0.25, 0.3) is 0 Å². The number of carbonyl (C=O) groups excluding carboxylic acids is 1. The topological polar surface area (TPSA) is 64.4 Å². The number of hydrogen-bond acceptors (Lipinski definition) is 3. The molecule has 0 aromatic rings. The van der Waals surface area contributed by atoms with Crippen LogP contribution in [-0.4, -0.2) is 31.2 Å². The maximum atomic E-state index is 11.1. The van der Waals surface area contributed by atoms with Gasteiger partial charge >= 0.3 is 0 Å². The first-order valence-corrected chi connectivity index (χ1v) is 7.40. The molecule has 1 unspecified atom stereocenters. The summed E-state index contributed by atoms with van der Waals surface area (Å²) in [5, 5.41) is 3.60. The number of rotatable bonds is 6. The van der Waals surface area contributed by atoms with E-state index in [-0.39, 0.29) is 11.8 Å². The summed E-state index contributed by atoms with van der Waals surface area (Å²) < 4.78 is 5.61. The van der Waals surface area contributed by atoms with E-state index in [1.54, 1.807) is 0 Å². The van der Waals surface area contributed by atoms with E-state index in [0.29, 0.717) is 12.1 Å². The molecule has 0 aromatic heterocycles. The standard InChI is InChI=1S/C14H26N2O2/c15-14(17)11-5-7-12(8-6-11)16-9-1-3-13-4-2-10-18-13/h11-13,16H,1-10H2,(H2,15,17). The third kappa shape index (κ3) is 4.25. The van der Waals surface area contributed by atoms with E-state index in [9.17, 15) is 4.79 Å². The maximum absolute atomic E-state index is 11.1. The van der Waals surface area contributed by atoms with Gasteiger partial charge in [0.05, 0.1) is 6.10 Å². The second kappa shape index (κ2) is 7.10. The Labute approximate surface area is 110 Å². The molecule has 0 radical (unpaired) electrons. The van der Waals surface area contributed by atoms with E-state index < -0.39 is 0 Å². The van der Waals surface area contributed by atoms with Gasteiger partial charge < -0.3 is 15.8 Å². The van der Waals surface area contributed by atoms with E-state index >= 15 is 0 Å². The van der Waals surface area contributed by atoms with Crippen LogP contribution in [-0.2, 0) is 9.53 Å². The van der Waals surface area contributed by atoms with Crippen molar-refractivity contribution in [3.8, 4) is 0 Å². The van der Waals surface area contributed by atoms with Crippen molar-refractivity contribution in [2.75, 3.05) is 13.2 Å². The molecule has 2 fully saturated rings. The average Bonchev–Trinajstić information content (AvgIpc) is 2.88. The van der Waals surface area contributed by atoms with Gasteiger partial charge in [-0.15, -0.1) is 0 Å². The van der Waals surface area contributed by atoms with E-state index in [1.165, 1.54) is 25.7 Å². The number of nitrogens with one attached hydrogen (secondary N) is 1. The van der Waals surface area contributed by atoms with Gasteiger partial charge in [0.15, 0.2) is 0 Å². The lowest BCUT2D eigenvalue weighted by molar-refractivity contribution is -0.122. The maximum Gasteiger partial charge on any atom is 0.220 e. The van der Waals surface area contributed by atoms with Crippen molar-refractivity contribution >= 4 is 5.91 Å². The molecule has 2 rings (SSSR count). The molecular formula is C14H26N2O2. The summed E-state index contributed by atoms with van der Waals surface area (Å²) >= 11 is 0. The highest BCUT2D eigenvalue weighted by atomic mass is 16.5. The quantitative estimate of drug-likeness (QED) is 0.707. The van der Waals surface area contributed by atoms with Crippen molar-refractivity contribution < 1.29 is 9.53 Å². The minimum absolute atomic E-state index is 0.119. The largest absolute Gasteiger partial charge is 0.378 e. The smallest absolute Gasteiger partial charge is 0.220 e. The molecular weight excluding hydrogens is 228 g/mol. The highest BCUT2D eigenvalue weighted by Crippen LogP contribution is 2.24. The fourth-order valence-corrected chi connectivity index (χ4v) is 3.09. The molecule has 1 saturated heterocycles. The molecule has 3 N–H and O–H groups in total. The van der Waals surface area contributed by atoms with Crippen molar-refractivity contribution in [2.45, 2.75) is 63.5 Å². The Kier molecular flexibility index (Phi) is 5.45. The zero-order valence-corrected chi connectivity index (χ0v) is 11.2. The first kappa shape index (κ1) is 13.8. The molecule has 1 aliphatic carbocycles. The lowest BCUT2D eigenvalue weighted by atomic mass is 9.85. The number of carbonyl (C=O) groups is 1. The molecule has 1 aliphatic heterocycles. The number of nitrogens with two attached hydrogens (primary N) is 1. The minimum Gasteiger partial charge on any atom is -0.378 e. The third-order valence-electron chi connectivity index (χ3n) is 4.29. The van der Waals surface area contributed by atoms with Gasteiger partial charge in [-0.05, 0) is 57.9 Å². The van der Waals surface area contributed by atoms with Gasteiger partial charge in [-0.3, -0.25) is 4.79 Å². The van der Waals surface area contributed by atoms with E-state index in [4.69, 9.17) is 10.5 Å². The summed E-state index contributed by atoms with van der Waals surface area (Å²) in [5.41, 5.74) is 5.33. The number of amides is 1. The van der Waals surface area contributed by atoms with Crippen LogP contribution in [0.3, 0.4) is 0 Å². The molecule has 1 saturated carbocycles. The van der Waals surface area contributed by atoms with Crippen molar-refractivity contribution in [3.63, 3.8) is 0 Å². The van der Waals surface area contributed by atoms with Crippen molar-refractivity contribution in [2.24, 2.45) is 11.7 Å². The summed E-state index contributed by atoms with van der Waals surface area (Å²) in [6.45, 7) is 2.03.